The number of anilines is 1. The fourth-order valence-corrected chi connectivity index (χ4v) is 1.05. The summed E-state index contributed by atoms with van der Waals surface area (Å²) >= 11 is 0. The van der Waals surface area contributed by atoms with Gasteiger partial charge in [0.05, 0.1) is 12.8 Å². The van der Waals surface area contributed by atoms with Gasteiger partial charge in [0.15, 0.2) is 0 Å². The summed E-state index contributed by atoms with van der Waals surface area (Å²) in [5, 5.41) is 7.30. The van der Waals surface area contributed by atoms with Crippen LogP contribution in [0.5, 0.6) is 0 Å². The van der Waals surface area contributed by atoms with E-state index in [-0.39, 0.29) is 5.97 Å². The van der Waals surface area contributed by atoms with Crippen LogP contribution >= 0.6 is 0 Å². The zero-order valence-corrected chi connectivity index (χ0v) is 8.06. The SMILES string of the molecule is CCOC(=O)CCc1ccnnc1N. The van der Waals surface area contributed by atoms with Gasteiger partial charge in [0, 0.05) is 6.42 Å². The van der Waals surface area contributed by atoms with E-state index in [1.165, 1.54) is 0 Å². The van der Waals surface area contributed by atoms with Crippen molar-refractivity contribution in [3.8, 4) is 0 Å². The molecule has 1 heterocycles. The Bertz CT molecular complexity index is 315. The molecule has 0 aromatic carbocycles. The second-order valence-corrected chi connectivity index (χ2v) is 2.75. The maximum atomic E-state index is 11.0. The largest absolute Gasteiger partial charge is 0.466 e. The minimum Gasteiger partial charge on any atom is -0.466 e. The van der Waals surface area contributed by atoms with E-state index in [1.54, 1.807) is 19.2 Å². The van der Waals surface area contributed by atoms with Gasteiger partial charge >= 0.3 is 5.97 Å². The van der Waals surface area contributed by atoms with Crippen LogP contribution in [0.25, 0.3) is 0 Å². The van der Waals surface area contributed by atoms with Gasteiger partial charge < -0.3 is 10.5 Å². The first-order chi connectivity index (χ1) is 6.74. The van der Waals surface area contributed by atoms with Crippen molar-refractivity contribution in [1.82, 2.24) is 10.2 Å². The van der Waals surface area contributed by atoms with Crippen molar-refractivity contribution in [2.45, 2.75) is 19.8 Å². The highest BCUT2D eigenvalue weighted by Gasteiger charge is 2.05. The summed E-state index contributed by atoms with van der Waals surface area (Å²) in [5.74, 6) is 0.153. The van der Waals surface area contributed by atoms with Crippen LogP contribution in [0.2, 0.25) is 0 Å². The Morgan fingerprint density at radius 2 is 2.43 bits per heavy atom. The molecule has 1 aromatic rings. The van der Waals surface area contributed by atoms with Gasteiger partial charge in [-0.05, 0) is 25.0 Å². The first-order valence-corrected chi connectivity index (χ1v) is 4.45. The van der Waals surface area contributed by atoms with Crippen molar-refractivity contribution >= 4 is 11.8 Å². The van der Waals surface area contributed by atoms with E-state index in [0.717, 1.165) is 5.56 Å². The molecule has 0 unspecified atom stereocenters. The minimum absolute atomic E-state index is 0.219. The number of hydrogen-bond donors (Lipinski definition) is 1. The molecule has 2 N–H and O–H groups in total. The second-order valence-electron chi connectivity index (χ2n) is 2.75. The molecule has 76 valence electrons. The molecular formula is C9H13N3O2. The smallest absolute Gasteiger partial charge is 0.306 e. The van der Waals surface area contributed by atoms with Gasteiger partial charge in [-0.25, -0.2) is 0 Å². The molecule has 14 heavy (non-hydrogen) atoms. The lowest BCUT2D eigenvalue weighted by molar-refractivity contribution is -0.143. The van der Waals surface area contributed by atoms with Crippen LogP contribution in [-0.4, -0.2) is 22.8 Å². The summed E-state index contributed by atoms with van der Waals surface area (Å²) < 4.78 is 4.79. The highest BCUT2D eigenvalue weighted by Crippen LogP contribution is 2.08. The van der Waals surface area contributed by atoms with Crippen molar-refractivity contribution < 1.29 is 9.53 Å². The van der Waals surface area contributed by atoms with E-state index < -0.39 is 0 Å². The lowest BCUT2D eigenvalue weighted by Gasteiger charge is -2.03. The number of nitrogen functional groups attached to an aromatic ring is 1. The Hall–Kier alpha value is -1.65. The molecule has 0 atom stereocenters. The van der Waals surface area contributed by atoms with Gasteiger partial charge in [-0.3, -0.25) is 4.79 Å². The number of aromatic nitrogens is 2. The molecular weight excluding hydrogens is 182 g/mol. The van der Waals surface area contributed by atoms with Gasteiger partial charge in [0.1, 0.15) is 5.82 Å². The maximum absolute atomic E-state index is 11.0. The van der Waals surface area contributed by atoms with Crippen molar-refractivity contribution in [3.63, 3.8) is 0 Å². The van der Waals surface area contributed by atoms with Gasteiger partial charge in [0.25, 0.3) is 0 Å². The normalized spacial score (nSPS) is 9.79. The van der Waals surface area contributed by atoms with Crippen LogP contribution in [0.4, 0.5) is 5.82 Å². The van der Waals surface area contributed by atoms with Crippen LogP contribution in [0.3, 0.4) is 0 Å². The number of esters is 1. The molecule has 0 amide bonds. The van der Waals surface area contributed by atoms with E-state index in [4.69, 9.17) is 10.5 Å². The number of aryl methyl sites for hydroxylation is 1. The Balaban J connectivity index is 2.46. The molecule has 0 aliphatic heterocycles. The quantitative estimate of drug-likeness (QED) is 0.710. The zero-order chi connectivity index (χ0) is 10.4. The molecule has 5 heteroatoms. The van der Waals surface area contributed by atoms with E-state index in [0.29, 0.717) is 25.3 Å². The van der Waals surface area contributed by atoms with Crippen LogP contribution in [-0.2, 0) is 16.0 Å². The monoisotopic (exact) mass is 195 g/mol. The molecule has 0 spiro atoms. The zero-order valence-electron chi connectivity index (χ0n) is 8.06. The van der Waals surface area contributed by atoms with Crippen LogP contribution in [0.1, 0.15) is 18.9 Å². The molecule has 0 saturated heterocycles. The predicted octanol–water partition coefficient (Wildman–Crippen LogP) is 0.555. The van der Waals surface area contributed by atoms with E-state index >= 15 is 0 Å². The molecule has 1 rings (SSSR count). The number of carbonyl (C=O) groups excluding carboxylic acids is 1. The summed E-state index contributed by atoms with van der Waals surface area (Å²) in [7, 11) is 0. The van der Waals surface area contributed by atoms with Crippen LogP contribution in [0.15, 0.2) is 12.3 Å². The summed E-state index contributed by atoms with van der Waals surface area (Å²) in [6.45, 7) is 2.18. The third kappa shape index (κ3) is 3.01. The molecule has 0 radical (unpaired) electrons. The highest BCUT2D eigenvalue weighted by atomic mass is 16.5. The van der Waals surface area contributed by atoms with Gasteiger partial charge in [-0.1, -0.05) is 0 Å². The molecule has 0 aliphatic carbocycles. The first kappa shape index (κ1) is 10.4. The highest BCUT2D eigenvalue weighted by molar-refractivity contribution is 5.69. The van der Waals surface area contributed by atoms with Crippen LogP contribution < -0.4 is 5.73 Å². The number of nitrogens with two attached hydrogens (primary N) is 1. The average molecular weight is 195 g/mol. The van der Waals surface area contributed by atoms with Gasteiger partial charge in [-0.2, -0.15) is 5.10 Å². The number of ether oxygens (including phenoxy) is 1. The lowest BCUT2D eigenvalue weighted by Crippen LogP contribution is -2.07. The van der Waals surface area contributed by atoms with Crippen molar-refractivity contribution in [3.05, 3.63) is 17.8 Å². The predicted molar refractivity (Wildman–Crippen MR) is 51.4 cm³/mol. The average Bonchev–Trinajstić information content (AvgIpc) is 2.17. The van der Waals surface area contributed by atoms with Crippen LogP contribution in [0, 0.1) is 0 Å². The van der Waals surface area contributed by atoms with Gasteiger partial charge in [-0.15, -0.1) is 5.10 Å². The third-order valence-corrected chi connectivity index (χ3v) is 1.74. The Labute approximate surface area is 82.3 Å². The van der Waals surface area contributed by atoms with Crippen molar-refractivity contribution in [2.24, 2.45) is 0 Å². The Kier molecular flexibility index (Phi) is 3.84. The summed E-state index contributed by atoms with van der Waals surface area (Å²) in [6.07, 6.45) is 2.42. The molecule has 1 aromatic heterocycles. The Morgan fingerprint density at radius 3 is 3.07 bits per heavy atom. The van der Waals surface area contributed by atoms with Gasteiger partial charge in [0.2, 0.25) is 0 Å². The van der Waals surface area contributed by atoms with Crippen molar-refractivity contribution in [2.75, 3.05) is 12.3 Å². The number of carbonyl (C=O) groups is 1. The summed E-state index contributed by atoms with van der Waals surface area (Å²) in [6, 6.07) is 1.75. The lowest BCUT2D eigenvalue weighted by atomic mass is 10.1. The minimum atomic E-state index is -0.219. The molecule has 0 saturated carbocycles. The third-order valence-electron chi connectivity index (χ3n) is 1.74. The fraction of sp³-hybridized carbons (Fsp3) is 0.444. The van der Waals surface area contributed by atoms with Crippen molar-refractivity contribution in [1.29, 1.82) is 0 Å². The first-order valence-electron chi connectivity index (χ1n) is 4.45. The van der Waals surface area contributed by atoms with E-state index in [1.807, 2.05) is 0 Å². The number of rotatable bonds is 4. The summed E-state index contributed by atoms with van der Waals surface area (Å²) in [5.41, 5.74) is 6.38. The van der Waals surface area contributed by atoms with E-state index in [2.05, 4.69) is 10.2 Å². The number of hydrogen-bond acceptors (Lipinski definition) is 5. The fourth-order valence-electron chi connectivity index (χ4n) is 1.05. The standard InChI is InChI=1S/C9H13N3O2/c1-2-14-8(13)4-3-7-5-6-11-12-9(7)10/h5-6H,2-4H2,1H3,(H2,10,12). The number of nitrogens with zero attached hydrogens (tertiary/aromatic N) is 2. The molecule has 0 fully saturated rings. The maximum Gasteiger partial charge on any atom is 0.306 e. The molecule has 0 bridgehead atoms. The second kappa shape index (κ2) is 5.16. The summed E-state index contributed by atoms with van der Waals surface area (Å²) in [4.78, 5) is 11.0. The van der Waals surface area contributed by atoms with E-state index in [9.17, 15) is 4.79 Å². The topological polar surface area (TPSA) is 78.1 Å². The molecule has 5 nitrogen and oxygen atoms in total. The Morgan fingerprint density at radius 1 is 1.64 bits per heavy atom. The molecule has 0 aliphatic rings.